The summed E-state index contributed by atoms with van der Waals surface area (Å²) in [5.74, 6) is -1.27. The zero-order valence-corrected chi connectivity index (χ0v) is 17.2. The third-order valence-electron chi connectivity index (χ3n) is 4.87. The molecule has 0 aromatic heterocycles. The Morgan fingerprint density at radius 3 is 2.37 bits per heavy atom. The van der Waals surface area contributed by atoms with E-state index in [9.17, 15) is 18.4 Å². The SMILES string of the molecule is CC(C)CN(C[C@@H]1CN(C(=O)c2cccc(F)c2)CCO1)C(=O)c1cccc(F)c1. The van der Waals surface area contributed by atoms with E-state index >= 15 is 0 Å². The average molecular weight is 416 g/mol. The van der Waals surface area contributed by atoms with Gasteiger partial charge >= 0.3 is 0 Å². The van der Waals surface area contributed by atoms with Crippen LogP contribution < -0.4 is 0 Å². The lowest BCUT2D eigenvalue weighted by Crippen LogP contribution is -2.51. The van der Waals surface area contributed by atoms with Crippen molar-refractivity contribution in [3.8, 4) is 0 Å². The van der Waals surface area contributed by atoms with Crippen LogP contribution in [0.5, 0.6) is 0 Å². The summed E-state index contributed by atoms with van der Waals surface area (Å²) in [6.07, 6.45) is -0.382. The maximum atomic E-state index is 13.6. The summed E-state index contributed by atoms with van der Waals surface area (Å²) >= 11 is 0. The lowest BCUT2D eigenvalue weighted by atomic mass is 10.1. The van der Waals surface area contributed by atoms with Crippen molar-refractivity contribution in [3.05, 3.63) is 71.3 Å². The van der Waals surface area contributed by atoms with Crippen molar-refractivity contribution in [1.29, 1.82) is 0 Å². The maximum absolute atomic E-state index is 13.6. The monoisotopic (exact) mass is 416 g/mol. The molecular formula is C23H26F2N2O3. The predicted molar refractivity (Wildman–Crippen MR) is 109 cm³/mol. The van der Waals surface area contributed by atoms with Gasteiger partial charge in [-0.2, -0.15) is 0 Å². The highest BCUT2D eigenvalue weighted by Crippen LogP contribution is 2.16. The standard InChI is InChI=1S/C23H26F2N2O3/c1-16(2)13-27(23(29)18-6-4-8-20(25)12-18)15-21-14-26(9-10-30-21)22(28)17-5-3-7-19(24)11-17/h3-8,11-12,16,21H,9-10,13-15H2,1-2H3/t21-/m0/s1. The molecule has 1 atom stereocenters. The van der Waals surface area contributed by atoms with Crippen LogP contribution in [0.1, 0.15) is 34.6 Å². The van der Waals surface area contributed by atoms with Gasteiger partial charge in [0.25, 0.3) is 11.8 Å². The van der Waals surface area contributed by atoms with Gasteiger partial charge in [0, 0.05) is 37.3 Å². The Balaban J connectivity index is 1.71. The number of amides is 2. The number of morpholine rings is 1. The van der Waals surface area contributed by atoms with Gasteiger partial charge < -0.3 is 14.5 Å². The van der Waals surface area contributed by atoms with Crippen LogP contribution in [0.2, 0.25) is 0 Å². The molecule has 1 saturated heterocycles. The lowest BCUT2D eigenvalue weighted by Gasteiger charge is -2.36. The first-order chi connectivity index (χ1) is 14.3. The Kier molecular flexibility index (Phi) is 7.15. The van der Waals surface area contributed by atoms with E-state index in [1.807, 2.05) is 13.8 Å². The van der Waals surface area contributed by atoms with E-state index in [1.54, 1.807) is 21.9 Å². The summed E-state index contributed by atoms with van der Waals surface area (Å²) in [7, 11) is 0. The minimum absolute atomic E-state index is 0.205. The molecule has 2 amide bonds. The van der Waals surface area contributed by atoms with Crippen LogP contribution in [0.3, 0.4) is 0 Å². The van der Waals surface area contributed by atoms with Gasteiger partial charge in [-0.15, -0.1) is 0 Å². The summed E-state index contributed by atoms with van der Waals surface area (Å²) in [5, 5.41) is 0. The minimum Gasteiger partial charge on any atom is -0.373 e. The van der Waals surface area contributed by atoms with Gasteiger partial charge in [-0.05, 0) is 42.3 Å². The number of hydrogen-bond donors (Lipinski definition) is 0. The number of halogens is 2. The predicted octanol–water partition coefficient (Wildman–Crippen LogP) is 3.60. The van der Waals surface area contributed by atoms with E-state index < -0.39 is 11.6 Å². The van der Waals surface area contributed by atoms with Crippen molar-refractivity contribution < 1.29 is 23.1 Å². The molecule has 0 radical (unpaired) electrons. The first kappa shape index (κ1) is 21.9. The van der Waals surface area contributed by atoms with Gasteiger partial charge in [0.2, 0.25) is 0 Å². The summed E-state index contributed by atoms with van der Waals surface area (Å²) < 4.78 is 32.9. The van der Waals surface area contributed by atoms with Gasteiger partial charge in [0.1, 0.15) is 11.6 Å². The molecule has 1 aliphatic heterocycles. The molecule has 2 aromatic rings. The average Bonchev–Trinajstić information content (AvgIpc) is 2.72. The van der Waals surface area contributed by atoms with E-state index in [0.29, 0.717) is 26.2 Å². The molecule has 1 heterocycles. The van der Waals surface area contributed by atoms with Crippen molar-refractivity contribution >= 4 is 11.8 Å². The van der Waals surface area contributed by atoms with Crippen molar-refractivity contribution in [2.45, 2.75) is 20.0 Å². The van der Waals surface area contributed by atoms with E-state index in [1.165, 1.54) is 36.4 Å². The zero-order chi connectivity index (χ0) is 21.7. The molecule has 1 fully saturated rings. The number of carbonyl (C=O) groups is 2. The second-order valence-corrected chi connectivity index (χ2v) is 7.87. The van der Waals surface area contributed by atoms with Crippen LogP contribution in [-0.4, -0.2) is 60.5 Å². The fourth-order valence-electron chi connectivity index (χ4n) is 3.55. The molecule has 0 aliphatic carbocycles. The number of ether oxygens (including phenoxy) is 1. The van der Waals surface area contributed by atoms with Crippen molar-refractivity contribution in [1.82, 2.24) is 9.80 Å². The second kappa shape index (κ2) is 9.80. The topological polar surface area (TPSA) is 49.9 Å². The van der Waals surface area contributed by atoms with Gasteiger partial charge in [-0.3, -0.25) is 9.59 Å². The highest BCUT2D eigenvalue weighted by Gasteiger charge is 2.29. The molecule has 7 heteroatoms. The highest BCUT2D eigenvalue weighted by molar-refractivity contribution is 5.95. The van der Waals surface area contributed by atoms with Crippen LogP contribution in [0.25, 0.3) is 0 Å². The quantitative estimate of drug-likeness (QED) is 0.723. The van der Waals surface area contributed by atoms with Crippen molar-refractivity contribution in [3.63, 3.8) is 0 Å². The maximum Gasteiger partial charge on any atom is 0.254 e. The van der Waals surface area contributed by atoms with Gasteiger partial charge in [0.05, 0.1) is 12.7 Å². The Hall–Kier alpha value is -2.80. The molecule has 2 aromatic carbocycles. The molecule has 1 aliphatic rings. The number of carbonyl (C=O) groups excluding carboxylic acids is 2. The summed E-state index contributed by atoms with van der Waals surface area (Å²) in [6.45, 7) is 5.76. The molecule has 5 nitrogen and oxygen atoms in total. The zero-order valence-electron chi connectivity index (χ0n) is 17.2. The van der Waals surface area contributed by atoms with Gasteiger partial charge in [-0.1, -0.05) is 26.0 Å². The third-order valence-corrected chi connectivity index (χ3v) is 4.87. The smallest absolute Gasteiger partial charge is 0.254 e. The third kappa shape index (κ3) is 5.63. The Labute approximate surface area is 175 Å². The number of rotatable bonds is 6. The van der Waals surface area contributed by atoms with E-state index in [0.717, 1.165) is 0 Å². The summed E-state index contributed by atoms with van der Waals surface area (Å²) in [5.41, 5.74) is 0.560. The molecule has 0 saturated carbocycles. The highest BCUT2D eigenvalue weighted by atomic mass is 19.1. The van der Waals surface area contributed by atoms with Crippen molar-refractivity contribution in [2.75, 3.05) is 32.8 Å². The lowest BCUT2D eigenvalue weighted by molar-refractivity contribution is -0.0340. The fraction of sp³-hybridized carbons (Fsp3) is 0.391. The summed E-state index contributed by atoms with van der Waals surface area (Å²) in [6, 6.07) is 11.2. The molecule has 0 spiro atoms. The van der Waals surface area contributed by atoms with Crippen molar-refractivity contribution in [2.24, 2.45) is 5.92 Å². The largest absolute Gasteiger partial charge is 0.373 e. The molecular weight excluding hydrogens is 390 g/mol. The Bertz CT molecular complexity index is 904. The van der Waals surface area contributed by atoms with E-state index in [-0.39, 0.29) is 41.5 Å². The number of benzene rings is 2. The normalized spacial score (nSPS) is 16.6. The number of hydrogen-bond acceptors (Lipinski definition) is 3. The van der Waals surface area contributed by atoms with Crippen LogP contribution >= 0.6 is 0 Å². The first-order valence-corrected chi connectivity index (χ1v) is 10.0. The van der Waals surface area contributed by atoms with Crippen LogP contribution in [0.4, 0.5) is 8.78 Å². The molecule has 30 heavy (non-hydrogen) atoms. The Morgan fingerprint density at radius 2 is 1.73 bits per heavy atom. The van der Waals surface area contributed by atoms with Crippen LogP contribution in [0.15, 0.2) is 48.5 Å². The molecule has 0 bridgehead atoms. The molecule has 3 rings (SSSR count). The summed E-state index contributed by atoms with van der Waals surface area (Å²) in [4.78, 5) is 29.0. The van der Waals surface area contributed by atoms with Crippen LogP contribution in [-0.2, 0) is 4.74 Å². The van der Waals surface area contributed by atoms with Crippen LogP contribution in [0, 0.1) is 17.6 Å². The molecule has 0 unspecified atom stereocenters. The first-order valence-electron chi connectivity index (χ1n) is 10.0. The fourth-order valence-corrected chi connectivity index (χ4v) is 3.55. The van der Waals surface area contributed by atoms with E-state index in [4.69, 9.17) is 4.74 Å². The second-order valence-electron chi connectivity index (χ2n) is 7.87. The van der Waals surface area contributed by atoms with Gasteiger partial charge in [0.15, 0.2) is 0 Å². The molecule has 0 N–H and O–H groups in total. The van der Waals surface area contributed by atoms with Gasteiger partial charge in [-0.25, -0.2) is 8.78 Å². The number of nitrogens with zero attached hydrogens (tertiary/aromatic N) is 2. The van der Waals surface area contributed by atoms with E-state index in [2.05, 4.69) is 0 Å². The Morgan fingerprint density at radius 1 is 1.10 bits per heavy atom. The minimum atomic E-state index is -0.467. The molecule has 160 valence electrons.